The number of rotatable bonds is 7. The Hall–Kier alpha value is -1.65. The minimum Gasteiger partial charge on any atom is -0.394 e. The smallest absolute Gasteiger partial charge is 0.186 e. The molecule has 0 aliphatic carbocycles. The van der Waals surface area contributed by atoms with Crippen molar-refractivity contribution in [3.63, 3.8) is 0 Å². The van der Waals surface area contributed by atoms with Crippen LogP contribution in [0, 0.1) is 17.2 Å². The predicted octanol–water partition coefficient (Wildman–Crippen LogP) is -0.804. The highest BCUT2D eigenvalue weighted by molar-refractivity contribution is 5.22. The molecule has 172 valence electrons. The molecular formula is C21H29NO9. The Morgan fingerprint density at radius 3 is 2.42 bits per heavy atom. The first-order valence-electron chi connectivity index (χ1n) is 10.2. The van der Waals surface area contributed by atoms with E-state index < -0.39 is 67.8 Å². The molecule has 1 aromatic rings. The normalized spacial score (nSPS) is 39.6. The summed E-state index contributed by atoms with van der Waals surface area (Å²) in [6.07, 6.45) is -9.62. The summed E-state index contributed by atoms with van der Waals surface area (Å²) in [5.41, 5.74) is 0.602. The zero-order valence-corrected chi connectivity index (χ0v) is 17.1. The second-order valence-corrected chi connectivity index (χ2v) is 7.85. The summed E-state index contributed by atoms with van der Waals surface area (Å²) < 4.78 is 22.4. The van der Waals surface area contributed by atoms with Crippen LogP contribution in [0.15, 0.2) is 30.3 Å². The molecule has 0 bridgehead atoms. The van der Waals surface area contributed by atoms with Crippen molar-refractivity contribution in [1.82, 2.24) is 0 Å². The molecule has 2 heterocycles. The van der Waals surface area contributed by atoms with Crippen LogP contribution >= 0.6 is 0 Å². The molecule has 1 unspecified atom stereocenters. The summed E-state index contributed by atoms with van der Waals surface area (Å²) in [4.78, 5) is 0. The zero-order valence-electron chi connectivity index (χ0n) is 17.1. The lowest BCUT2D eigenvalue weighted by molar-refractivity contribution is -0.313. The minimum atomic E-state index is -1.23. The summed E-state index contributed by atoms with van der Waals surface area (Å²) in [6.45, 7) is 0.977. The van der Waals surface area contributed by atoms with E-state index in [2.05, 4.69) is 0 Å². The molecule has 2 saturated heterocycles. The lowest BCUT2D eigenvalue weighted by Gasteiger charge is -2.42. The maximum Gasteiger partial charge on any atom is 0.186 e. The minimum absolute atomic E-state index is 0.0247. The molecule has 3 rings (SSSR count). The Bertz CT molecular complexity index is 729. The zero-order chi connectivity index (χ0) is 22.5. The number of nitrogens with zero attached hydrogens (tertiary/aromatic N) is 1. The molecule has 0 saturated carbocycles. The Morgan fingerprint density at radius 1 is 1.06 bits per heavy atom. The van der Waals surface area contributed by atoms with Gasteiger partial charge in [0.1, 0.15) is 24.4 Å². The average molecular weight is 439 g/mol. The van der Waals surface area contributed by atoms with Crippen LogP contribution in [0.3, 0.4) is 0 Å². The first-order valence-corrected chi connectivity index (χ1v) is 10.2. The van der Waals surface area contributed by atoms with Crippen molar-refractivity contribution in [1.29, 1.82) is 5.26 Å². The fraction of sp³-hybridized carbons (Fsp3) is 0.667. The van der Waals surface area contributed by atoms with Crippen molar-refractivity contribution >= 4 is 0 Å². The standard InChI is InChI=1S/C21H29NO9/c1-11-18(25)16(10-28-17-7-13(24)20(27)15(9-23)29-17)31-21(19(11)26)30-14(8-22)12-5-3-2-4-6-12/h2-6,11,13-21,23-27H,7,9-10H2,1H3/t11-,13+,14?,15+,16+,17+,18-,19+,20-,21+/m0/s1. The predicted molar refractivity (Wildman–Crippen MR) is 104 cm³/mol. The van der Waals surface area contributed by atoms with E-state index in [1.807, 2.05) is 6.07 Å². The van der Waals surface area contributed by atoms with E-state index in [0.717, 1.165) is 0 Å². The molecule has 0 spiro atoms. The number of aliphatic hydroxyl groups is 5. The topological polar surface area (TPSA) is 162 Å². The van der Waals surface area contributed by atoms with Gasteiger partial charge in [-0.15, -0.1) is 0 Å². The SMILES string of the molecule is C[C@@H]1[C@@H](O)[C@H](OC(C#N)c2ccccc2)O[C@H](CO[C@H]2C[C@@H](O)[C@H](O)[C@@H](CO)O2)[C@H]1O. The maximum atomic E-state index is 10.5. The van der Waals surface area contributed by atoms with Crippen molar-refractivity contribution in [2.75, 3.05) is 13.2 Å². The van der Waals surface area contributed by atoms with Gasteiger partial charge in [0.25, 0.3) is 0 Å². The highest BCUT2D eigenvalue weighted by Crippen LogP contribution is 2.31. The van der Waals surface area contributed by atoms with Gasteiger partial charge in [-0.05, 0) is 5.56 Å². The van der Waals surface area contributed by atoms with E-state index >= 15 is 0 Å². The Balaban J connectivity index is 1.62. The summed E-state index contributed by atoms with van der Waals surface area (Å²) in [5.74, 6) is -0.632. The van der Waals surface area contributed by atoms with Gasteiger partial charge in [-0.1, -0.05) is 37.3 Å². The molecule has 0 radical (unpaired) electrons. The maximum absolute atomic E-state index is 10.5. The van der Waals surface area contributed by atoms with Crippen molar-refractivity contribution < 1.29 is 44.5 Å². The molecule has 31 heavy (non-hydrogen) atoms. The molecule has 1 aromatic carbocycles. The van der Waals surface area contributed by atoms with Gasteiger partial charge in [-0.2, -0.15) is 5.26 Å². The lowest BCUT2D eigenvalue weighted by Crippen LogP contribution is -2.56. The van der Waals surface area contributed by atoms with Crippen LogP contribution in [0.1, 0.15) is 25.0 Å². The summed E-state index contributed by atoms with van der Waals surface area (Å²) in [5, 5.41) is 59.4. The van der Waals surface area contributed by atoms with Crippen LogP contribution < -0.4 is 0 Å². The Kier molecular flexibility index (Phi) is 8.35. The third-order valence-electron chi connectivity index (χ3n) is 5.70. The summed E-state index contributed by atoms with van der Waals surface area (Å²) >= 11 is 0. The van der Waals surface area contributed by atoms with Gasteiger partial charge in [-0.3, -0.25) is 0 Å². The van der Waals surface area contributed by atoms with Crippen molar-refractivity contribution in [3.8, 4) is 6.07 Å². The van der Waals surface area contributed by atoms with Crippen LogP contribution in [0.5, 0.6) is 0 Å². The highest BCUT2D eigenvalue weighted by Gasteiger charge is 2.45. The number of benzene rings is 1. The van der Waals surface area contributed by atoms with Crippen LogP contribution in [-0.2, 0) is 18.9 Å². The molecule has 10 atom stereocenters. The monoisotopic (exact) mass is 439 g/mol. The van der Waals surface area contributed by atoms with Gasteiger partial charge in [0, 0.05) is 12.3 Å². The van der Waals surface area contributed by atoms with E-state index in [-0.39, 0.29) is 13.0 Å². The molecule has 5 N–H and O–H groups in total. The number of aliphatic hydroxyl groups excluding tert-OH is 5. The van der Waals surface area contributed by atoms with Gasteiger partial charge < -0.3 is 44.5 Å². The molecule has 10 nitrogen and oxygen atoms in total. The molecule has 0 amide bonds. The van der Waals surface area contributed by atoms with Crippen molar-refractivity contribution in [2.24, 2.45) is 5.92 Å². The molecule has 2 fully saturated rings. The van der Waals surface area contributed by atoms with E-state index in [4.69, 9.17) is 18.9 Å². The second kappa shape index (κ2) is 10.8. The quantitative estimate of drug-likeness (QED) is 0.363. The van der Waals surface area contributed by atoms with E-state index in [1.165, 1.54) is 0 Å². The molecule has 2 aliphatic heterocycles. The third kappa shape index (κ3) is 5.59. The number of hydrogen-bond donors (Lipinski definition) is 5. The molecule has 10 heteroatoms. The molecule has 0 aromatic heterocycles. The average Bonchev–Trinajstić information content (AvgIpc) is 2.79. The third-order valence-corrected chi connectivity index (χ3v) is 5.70. The van der Waals surface area contributed by atoms with E-state index in [1.54, 1.807) is 37.3 Å². The number of nitriles is 1. The summed E-state index contributed by atoms with van der Waals surface area (Å²) in [7, 11) is 0. The Morgan fingerprint density at radius 2 is 1.77 bits per heavy atom. The first-order chi connectivity index (χ1) is 14.8. The van der Waals surface area contributed by atoms with Crippen LogP contribution in [0.2, 0.25) is 0 Å². The van der Waals surface area contributed by atoms with Gasteiger partial charge in [0.2, 0.25) is 0 Å². The molecular weight excluding hydrogens is 410 g/mol. The van der Waals surface area contributed by atoms with Crippen molar-refractivity contribution in [2.45, 2.75) is 68.7 Å². The second-order valence-electron chi connectivity index (χ2n) is 7.85. The van der Waals surface area contributed by atoms with Gasteiger partial charge in [-0.25, -0.2) is 0 Å². The summed E-state index contributed by atoms with van der Waals surface area (Å²) in [6, 6.07) is 10.8. The fourth-order valence-electron chi connectivity index (χ4n) is 3.69. The van der Waals surface area contributed by atoms with Gasteiger partial charge in [0.05, 0.1) is 31.5 Å². The van der Waals surface area contributed by atoms with Crippen LogP contribution in [-0.4, -0.2) is 88.0 Å². The molecule has 2 aliphatic rings. The van der Waals surface area contributed by atoms with Gasteiger partial charge >= 0.3 is 0 Å². The Labute approximate surface area is 180 Å². The lowest BCUT2D eigenvalue weighted by atomic mass is 9.91. The van der Waals surface area contributed by atoms with Crippen LogP contribution in [0.25, 0.3) is 0 Å². The van der Waals surface area contributed by atoms with Crippen LogP contribution in [0.4, 0.5) is 0 Å². The van der Waals surface area contributed by atoms with E-state index in [9.17, 15) is 30.8 Å². The van der Waals surface area contributed by atoms with E-state index in [0.29, 0.717) is 5.56 Å². The van der Waals surface area contributed by atoms with Crippen molar-refractivity contribution in [3.05, 3.63) is 35.9 Å². The first kappa shape index (κ1) is 24.0. The largest absolute Gasteiger partial charge is 0.394 e. The van der Waals surface area contributed by atoms with Gasteiger partial charge in [0.15, 0.2) is 18.7 Å². The number of ether oxygens (including phenoxy) is 4. The highest BCUT2D eigenvalue weighted by atomic mass is 16.7. The number of hydrogen-bond acceptors (Lipinski definition) is 10. The fourth-order valence-corrected chi connectivity index (χ4v) is 3.69.